The molecule has 0 bridgehead atoms. The Kier molecular flexibility index (Phi) is 8.92. The van der Waals surface area contributed by atoms with E-state index < -0.39 is 5.91 Å². The molecule has 3 N–H and O–H groups in total. The summed E-state index contributed by atoms with van der Waals surface area (Å²) in [5.41, 5.74) is 6.37. The van der Waals surface area contributed by atoms with Crippen LogP contribution in [0.1, 0.15) is 76.2 Å². The zero-order valence-corrected chi connectivity index (χ0v) is 18.6. The van der Waals surface area contributed by atoms with E-state index >= 15 is 0 Å². The minimum atomic E-state index is -0.393. The fraction of sp³-hybridized carbons (Fsp3) is 0.640. The number of carbonyl (C=O) groups excluding carboxylic acids is 3. The molecule has 0 unspecified atom stereocenters. The first kappa shape index (κ1) is 23.3. The Morgan fingerprint density at radius 1 is 0.935 bits per heavy atom. The van der Waals surface area contributed by atoms with Crippen molar-refractivity contribution in [2.75, 3.05) is 6.54 Å². The van der Waals surface area contributed by atoms with E-state index in [0.717, 1.165) is 31.2 Å². The van der Waals surface area contributed by atoms with E-state index in [4.69, 9.17) is 5.73 Å². The van der Waals surface area contributed by atoms with Crippen molar-refractivity contribution in [3.63, 3.8) is 0 Å². The van der Waals surface area contributed by atoms with Crippen LogP contribution in [0.15, 0.2) is 30.3 Å². The fourth-order valence-electron chi connectivity index (χ4n) is 5.00. The van der Waals surface area contributed by atoms with Crippen LogP contribution < -0.4 is 11.1 Å². The van der Waals surface area contributed by atoms with E-state index in [1.165, 1.54) is 32.1 Å². The molecule has 2 fully saturated rings. The third-order valence-corrected chi connectivity index (χ3v) is 6.80. The van der Waals surface area contributed by atoms with Gasteiger partial charge in [-0.2, -0.15) is 0 Å². The molecule has 1 aromatic rings. The summed E-state index contributed by atoms with van der Waals surface area (Å²) < 4.78 is 0. The number of nitrogens with zero attached hydrogens (tertiary/aromatic N) is 1. The molecule has 0 saturated heterocycles. The average molecular weight is 428 g/mol. The molecule has 0 heterocycles. The van der Waals surface area contributed by atoms with Crippen LogP contribution in [-0.4, -0.2) is 35.2 Å². The fourth-order valence-corrected chi connectivity index (χ4v) is 5.00. The number of amides is 3. The topological polar surface area (TPSA) is 92.5 Å². The first-order valence-electron chi connectivity index (χ1n) is 11.9. The molecule has 0 radical (unpaired) electrons. The van der Waals surface area contributed by atoms with Crippen molar-refractivity contribution in [1.29, 1.82) is 0 Å². The van der Waals surface area contributed by atoms with Crippen LogP contribution in [0.2, 0.25) is 0 Å². The lowest BCUT2D eigenvalue weighted by molar-refractivity contribution is -0.137. The van der Waals surface area contributed by atoms with E-state index in [-0.39, 0.29) is 30.2 Å². The van der Waals surface area contributed by atoms with Crippen molar-refractivity contribution in [2.45, 2.75) is 83.2 Å². The number of benzene rings is 1. The number of nitrogens with one attached hydrogen (secondary N) is 1. The second kappa shape index (κ2) is 11.9. The van der Waals surface area contributed by atoms with Gasteiger partial charge in [-0.3, -0.25) is 14.4 Å². The summed E-state index contributed by atoms with van der Waals surface area (Å²) in [4.78, 5) is 38.7. The van der Waals surface area contributed by atoms with Crippen molar-refractivity contribution in [1.82, 2.24) is 10.2 Å². The molecule has 3 rings (SSSR count). The van der Waals surface area contributed by atoms with Crippen LogP contribution in [0.4, 0.5) is 0 Å². The van der Waals surface area contributed by atoms with Gasteiger partial charge in [0, 0.05) is 37.9 Å². The van der Waals surface area contributed by atoms with Crippen molar-refractivity contribution in [2.24, 2.45) is 17.6 Å². The van der Waals surface area contributed by atoms with Gasteiger partial charge in [0.15, 0.2) is 0 Å². The molecule has 0 aliphatic heterocycles. The number of primary amides is 1. The molecule has 6 heteroatoms. The zero-order chi connectivity index (χ0) is 22.1. The Balaban J connectivity index is 1.48. The van der Waals surface area contributed by atoms with Crippen molar-refractivity contribution in [3.8, 4) is 0 Å². The van der Waals surface area contributed by atoms with Crippen molar-refractivity contribution >= 4 is 17.7 Å². The predicted octanol–water partition coefficient (Wildman–Crippen LogP) is 3.54. The average Bonchev–Trinajstić information content (AvgIpc) is 2.78. The van der Waals surface area contributed by atoms with Gasteiger partial charge in [-0.15, -0.1) is 0 Å². The smallest absolute Gasteiger partial charge is 0.225 e. The minimum absolute atomic E-state index is 0.0527. The summed E-state index contributed by atoms with van der Waals surface area (Å²) in [5.74, 6) is 0.368. The lowest BCUT2D eigenvalue weighted by atomic mass is 9.84. The highest BCUT2D eigenvalue weighted by atomic mass is 16.2. The Bertz CT molecular complexity index is 723. The van der Waals surface area contributed by atoms with Gasteiger partial charge in [0.05, 0.1) is 0 Å². The van der Waals surface area contributed by atoms with Crippen LogP contribution in [0, 0.1) is 11.8 Å². The van der Waals surface area contributed by atoms with Gasteiger partial charge < -0.3 is 16.0 Å². The van der Waals surface area contributed by atoms with Gasteiger partial charge in [0.1, 0.15) is 0 Å². The van der Waals surface area contributed by atoms with Crippen molar-refractivity contribution < 1.29 is 14.4 Å². The molecule has 2 saturated carbocycles. The number of hydrogen-bond acceptors (Lipinski definition) is 3. The van der Waals surface area contributed by atoms with Gasteiger partial charge in [0.25, 0.3) is 0 Å². The molecule has 2 aliphatic rings. The SMILES string of the molecule is NC(=O)CCN(Cc1ccccc1)C(=O)C1CCC(NC(=O)CC2CCCCC2)CC1. The predicted molar refractivity (Wildman–Crippen MR) is 121 cm³/mol. The Morgan fingerprint density at radius 2 is 1.61 bits per heavy atom. The maximum Gasteiger partial charge on any atom is 0.225 e. The first-order valence-corrected chi connectivity index (χ1v) is 11.9. The second-order valence-corrected chi connectivity index (χ2v) is 9.29. The monoisotopic (exact) mass is 427 g/mol. The summed E-state index contributed by atoms with van der Waals surface area (Å²) in [6.45, 7) is 0.839. The number of hydrogen-bond donors (Lipinski definition) is 2. The van der Waals surface area contributed by atoms with E-state index in [1.807, 2.05) is 30.3 Å². The summed E-state index contributed by atoms with van der Waals surface area (Å²) >= 11 is 0. The van der Waals surface area contributed by atoms with Crippen LogP contribution in [-0.2, 0) is 20.9 Å². The van der Waals surface area contributed by atoms with Crippen molar-refractivity contribution in [3.05, 3.63) is 35.9 Å². The Hall–Kier alpha value is -2.37. The minimum Gasteiger partial charge on any atom is -0.370 e. The highest BCUT2D eigenvalue weighted by Gasteiger charge is 2.30. The maximum atomic E-state index is 13.2. The molecule has 2 aliphatic carbocycles. The molecule has 0 spiro atoms. The largest absolute Gasteiger partial charge is 0.370 e. The number of nitrogens with two attached hydrogens (primary N) is 1. The third-order valence-electron chi connectivity index (χ3n) is 6.80. The van der Waals surface area contributed by atoms with E-state index in [0.29, 0.717) is 25.4 Å². The first-order chi connectivity index (χ1) is 15.0. The van der Waals surface area contributed by atoms with Gasteiger partial charge in [-0.1, -0.05) is 49.6 Å². The standard InChI is InChI=1S/C25H37N3O3/c26-23(29)15-16-28(18-20-9-5-2-6-10-20)25(31)21-11-13-22(14-12-21)27-24(30)17-19-7-3-1-4-8-19/h2,5-6,9-10,19,21-22H,1,3-4,7-8,11-18H2,(H2,26,29)(H,27,30). The summed E-state index contributed by atoms with van der Waals surface area (Å²) in [5, 5.41) is 3.21. The number of rotatable bonds is 9. The quantitative estimate of drug-likeness (QED) is 0.631. The summed E-state index contributed by atoms with van der Waals surface area (Å²) in [6, 6.07) is 10.0. The molecule has 1 aromatic carbocycles. The molecule has 31 heavy (non-hydrogen) atoms. The van der Waals surface area contributed by atoms with Crippen LogP contribution >= 0.6 is 0 Å². The van der Waals surface area contributed by atoms with E-state index in [1.54, 1.807) is 4.90 Å². The van der Waals surface area contributed by atoms with Crippen LogP contribution in [0.5, 0.6) is 0 Å². The lowest BCUT2D eigenvalue weighted by Gasteiger charge is -2.33. The van der Waals surface area contributed by atoms with Gasteiger partial charge >= 0.3 is 0 Å². The van der Waals surface area contributed by atoms with Gasteiger partial charge in [0.2, 0.25) is 17.7 Å². The molecule has 6 nitrogen and oxygen atoms in total. The molecule has 0 aromatic heterocycles. The highest BCUT2D eigenvalue weighted by Crippen LogP contribution is 2.29. The molecule has 3 amide bonds. The third kappa shape index (κ3) is 7.67. The van der Waals surface area contributed by atoms with Gasteiger partial charge in [-0.05, 0) is 50.0 Å². The second-order valence-electron chi connectivity index (χ2n) is 9.29. The van der Waals surface area contributed by atoms with Gasteiger partial charge in [-0.25, -0.2) is 0 Å². The Labute approximate surface area is 185 Å². The molecule has 0 atom stereocenters. The van der Waals surface area contributed by atoms with E-state index in [2.05, 4.69) is 5.32 Å². The Morgan fingerprint density at radius 3 is 2.26 bits per heavy atom. The number of carbonyl (C=O) groups is 3. The summed E-state index contributed by atoms with van der Waals surface area (Å²) in [7, 11) is 0. The van der Waals surface area contributed by atoms with Crippen LogP contribution in [0.25, 0.3) is 0 Å². The molecular weight excluding hydrogens is 390 g/mol. The van der Waals surface area contributed by atoms with Crippen LogP contribution in [0.3, 0.4) is 0 Å². The maximum absolute atomic E-state index is 13.2. The normalized spacial score (nSPS) is 21.9. The lowest BCUT2D eigenvalue weighted by Crippen LogP contribution is -2.43. The molecule has 170 valence electrons. The zero-order valence-electron chi connectivity index (χ0n) is 18.6. The summed E-state index contributed by atoms with van der Waals surface area (Å²) in [6.07, 6.45) is 10.2. The van der Waals surface area contributed by atoms with E-state index in [9.17, 15) is 14.4 Å². The highest BCUT2D eigenvalue weighted by molar-refractivity contribution is 5.80. The molecular formula is C25H37N3O3.